The van der Waals surface area contributed by atoms with Crippen LogP contribution in [0, 0.1) is 5.92 Å². The third kappa shape index (κ3) is 2.52. The molecule has 0 saturated heterocycles. The number of aliphatic hydroxyl groups is 1. The summed E-state index contributed by atoms with van der Waals surface area (Å²) >= 11 is 0. The first-order valence-electron chi connectivity index (χ1n) is 6.43. The lowest BCUT2D eigenvalue weighted by Gasteiger charge is -2.12. The van der Waals surface area contributed by atoms with Crippen LogP contribution in [-0.2, 0) is 13.2 Å². The molecular weight excluding hydrogens is 210 g/mol. The number of aliphatic hydroxyl groups excluding tert-OH is 1. The van der Waals surface area contributed by atoms with Gasteiger partial charge in [0.15, 0.2) is 0 Å². The van der Waals surface area contributed by atoms with E-state index in [9.17, 15) is 5.11 Å². The fourth-order valence-electron chi connectivity index (χ4n) is 2.50. The van der Waals surface area contributed by atoms with Gasteiger partial charge >= 0.3 is 0 Å². The average Bonchev–Trinajstić information content (AvgIpc) is 2.73. The van der Waals surface area contributed by atoms with Crippen LogP contribution in [-0.4, -0.2) is 9.67 Å². The number of hydrogen-bond donors (Lipinski definition) is 1. The Hall–Kier alpha value is -1.28. The van der Waals surface area contributed by atoms with Crippen molar-refractivity contribution in [1.82, 2.24) is 4.57 Å². The lowest BCUT2D eigenvalue weighted by atomic mass is 10.1. The smallest absolute Gasteiger partial charge is 0.0688 e. The van der Waals surface area contributed by atoms with Gasteiger partial charge in [-0.05, 0) is 30.0 Å². The molecule has 0 radical (unpaired) electrons. The van der Waals surface area contributed by atoms with Crippen molar-refractivity contribution in [3.8, 4) is 0 Å². The summed E-state index contributed by atoms with van der Waals surface area (Å²) in [5.74, 6) is 0.702. The normalized spacial score (nSPS) is 13.1. The minimum atomic E-state index is 0.117. The molecule has 1 atom stereocenters. The van der Waals surface area contributed by atoms with Crippen molar-refractivity contribution in [2.75, 3.05) is 0 Å². The average molecular weight is 231 g/mol. The second-order valence-electron chi connectivity index (χ2n) is 4.87. The molecule has 1 heterocycles. The number of fused-ring (bicyclic) bond motifs is 1. The van der Waals surface area contributed by atoms with Gasteiger partial charge in [0.05, 0.1) is 6.61 Å². The molecule has 2 aromatic rings. The van der Waals surface area contributed by atoms with Crippen LogP contribution in [0.5, 0.6) is 0 Å². The molecule has 2 nitrogen and oxygen atoms in total. The van der Waals surface area contributed by atoms with Gasteiger partial charge in [0, 0.05) is 23.6 Å². The summed E-state index contributed by atoms with van der Waals surface area (Å²) in [7, 11) is 0. The molecule has 0 spiro atoms. The van der Waals surface area contributed by atoms with E-state index >= 15 is 0 Å². The number of rotatable bonds is 5. The maximum absolute atomic E-state index is 9.30. The maximum Gasteiger partial charge on any atom is 0.0688 e. The van der Waals surface area contributed by atoms with E-state index in [0.717, 1.165) is 12.1 Å². The van der Waals surface area contributed by atoms with Gasteiger partial charge < -0.3 is 9.67 Å². The fourth-order valence-corrected chi connectivity index (χ4v) is 2.50. The predicted octanol–water partition coefficient (Wildman–Crippen LogP) is 3.57. The molecule has 17 heavy (non-hydrogen) atoms. The first-order chi connectivity index (χ1) is 8.26. The highest BCUT2D eigenvalue weighted by atomic mass is 16.3. The molecule has 0 aliphatic rings. The van der Waals surface area contributed by atoms with Gasteiger partial charge in [-0.3, -0.25) is 0 Å². The van der Waals surface area contributed by atoms with Crippen molar-refractivity contribution < 1.29 is 5.11 Å². The van der Waals surface area contributed by atoms with Crippen LogP contribution in [0.3, 0.4) is 0 Å². The van der Waals surface area contributed by atoms with Crippen LogP contribution < -0.4 is 0 Å². The quantitative estimate of drug-likeness (QED) is 0.836. The Labute approximate surface area is 103 Å². The van der Waals surface area contributed by atoms with Crippen LogP contribution >= 0.6 is 0 Å². The molecule has 92 valence electrons. The van der Waals surface area contributed by atoms with E-state index < -0.39 is 0 Å². The van der Waals surface area contributed by atoms with Crippen molar-refractivity contribution in [2.45, 2.75) is 39.8 Å². The zero-order chi connectivity index (χ0) is 12.3. The third-order valence-electron chi connectivity index (χ3n) is 3.36. The highest BCUT2D eigenvalue weighted by Crippen LogP contribution is 2.22. The Bertz CT molecular complexity index is 487. The van der Waals surface area contributed by atoms with Crippen molar-refractivity contribution in [3.05, 3.63) is 36.0 Å². The molecule has 1 aromatic carbocycles. The molecule has 0 saturated carbocycles. The third-order valence-corrected chi connectivity index (χ3v) is 3.36. The topological polar surface area (TPSA) is 25.2 Å². The molecule has 1 unspecified atom stereocenters. The number of aromatic nitrogens is 1. The largest absolute Gasteiger partial charge is 0.392 e. The van der Waals surface area contributed by atoms with E-state index in [0.29, 0.717) is 5.92 Å². The van der Waals surface area contributed by atoms with Gasteiger partial charge in [0.1, 0.15) is 0 Å². The van der Waals surface area contributed by atoms with E-state index in [1.807, 2.05) is 12.1 Å². The Morgan fingerprint density at radius 2 is 2.12 bits per heavy atom. The summed E-state index contributed by atoms with van der Waals surface area (Å²) in [4.78, 5) is 0. The molecule has 0 bridgehead atoms. The minimum absolute atomic E-state index is 0.117. The fraction of sp³-hybridized carbons (Fsp3) is 0.467. The monoisotopic (exact) mass is 231 g/mol. The Balaban J connectivity index is 2.30. The van der Waals surface area contributed by atoms with E-state index in [-0.39, 0.29) is 6.61 Å². The Morgan fingerprint density at radius 1 is 1.29 bits per heavy atom. The van der Waals surface area contributed by atoms with E-state index in [1.165, 1.54) is 23.7 Å². The van der Waals surface area contributed by atoms with Gasteiger partial charge in [-0.25, -0.2) is 0 Å². The minimum Gasteiger partial charge on any atom is -0.392 e. The lowest BCUT2D eigenvalue weighted by Crippen LogP contribution is -2.06. The Kier molecular flexibility index (Phi) is 3.85. The SMILES string of the molecule is CCCC(C)Cn1ccc2c(CO)cccc21. The molecule has 1 N–H and O–H groups in total. The summed E-state index contributed by atoms with van der Waals surface area (Å²) in [5.41, 5.74) is 2.25. The molecule has 1 aromatic heterocycles. The second kappa shape index (κ2) is 5.37. The molecular formula is C15H21NO. The van der Waals surface area contributed by atoms with Gasteiger partial charge in [-0.1, -0.05) is 32.4 Å². The van der Waals surface area contributed by atoms with Crippen molar-refractivity contribution >= 4 is 10.9 Å². The zero-order valence-corrected chi connectivity index (χ0v) is 10.7. The van der Waals surface area contributed by atoms with Gasteiger partial charge in [0.25, 0.3) is 0 Å². The number of benzene rings is 1. The molecule has 2 rings (SSSR count). The van der Waals surface area contributed by atoms with Crippen LogP contribution in [0.1, 0.15) is 32.3 Å². The van der Waals surface area contributed by atoms with E-state index in [4.69, 9.17) is 0 Å². The highest BCUT2D eigenvalue weighted by Gasteiger charge is 2.07. The van der Waals surface area contributed by atoms with Crippen molar-refractivity contribution in [1.29, 1.82) is 0 Å². The first kappa shape index (κ1) is 12.2. The molecule has 0 aliphatic carbocycles. The summed E-state index contributed by atoms with van der Waals surface area (Å²) in [6.45, 7) is 5.71. The molecule has 2 heteroatoms. The van der Waals surface area contributed by atoms with Crippen LogP contribution in [0.15, 0.2) is 30.5 Å². The lowest BCUT2D eigenvalue weighted by molar-refractivity contribution is 0.283. The summed E-state index contributed by atoms with van der Waals surface area (Å²) in [5, 5.41) is 10.5. The zero-order valence-electron chi connectivity index (χ0n) is 10.7. The molecule has 0 fully saturated rings. The first-order valence-corrected chi connectivity index (χ1v) is 6.43. The van der Waals surface area contributed by atoms with Gasteiger partial charge in [-0.2, -0.15) is 0 Å². The van der Waals surface area contributed by atoms with Crippen LogP contribution in [0.25, 0.3) is 10.9 Å². The summed E-state index contributed by atoms with van der Waals surface area (Å²) in [6, 6.07) is 8.25. The van der Waals surface area contributed by atoms with E-state index in [1.54, 1.807) is 0 Å². The summed E-state index contributed by atoms with van der Waals surface area (Å²) < 4.78 is 2.30. The highest BCUT2D eigenvalue weighted by molar-refractivity contribution is 5.83. The Morgan fingerprint density at radius 3 is 2.82 bits per heavy atom. The second-order valence-corrected chi connectivity index (χ2v) is 4.87. The standard InChI is InChI=1S/C15H21NO/c1-3-5-12(2)10-16-9-8-14-13(11-17)6-4-7-15(14)16/h4,6-9,12,17H,3,5,10-11H2,1-2H3. The maximum atomic E-state index is 9.30. The van der Waals surface area contributed by atoms with Crippen molar-refractivity contribution in [2.24, 2.45) is 5.92 Å². The van der Waals surface area contributed by atoms with Crippen LogP contribution in [0.2, 0.25) is 0 Å². The molecule has 0 amide bonds. The van der Waals surface area contributed by atoms with Gasteiger partial charge in [-0.15, -0.1) is 0 Å². The predicted molar refractivity (Wildman–Crippen MR) is 71.9 cm³/mol. The number of nitrogens with zero attached hydrogens (tertiary/aromatic N) is 1. The van der Waals surface area contributed by atoms with Gasteiger partial charge in [0.2, 0.25) is 0 Å². The van der Waals surface area contributed by atoms with E-state index in [2.05, 4.69) is 36.7 Å². The molecule has 0 aliphatic heterocycles. The number of hydrogen-bond acceptors (Lipinski definition) is 1. The van der Waals surface area contributed by atoms with Crippen LogP contribution in [0.4, 0.5) is 0 Å². The summed E-state index contributed by atoms with van der Waals surface area (Å²) in [6.07, 6.45) is 4.64. The van der Waals surface area contributed by atoms with Crippen molar-refractivity contribution in [3.63, 3.8) is 0 Å².